The molecule has 2 aromatic carbocycles. The summed E-state index contributed by atoms with van der Waals surface area (Å²) < 4.78 is 0. The van der Waals surface area contributed by atoms with Gasteiger partial charge in [0.2, 0.25) is 0 Å². The van der Waals surface area contributed by atoms with Crippen LogP contribution in [0.25, 0.3) is 21.8 Å². The standard InChI is InChI=1S/C23H21N5O2/c29-17-6-7-18-14(10-17)2-1-3-19(18)23(30)28-15-4-5-16(28)12-27(11-15)22-20-8-9-24-21(20)25-13-26-22/h1-3,6-10,13,15-16,29H,4-5,11-12H2,(H,24,25,26). The number of H-pyrrole nitrogens is 1. The van der Waals surface area contributed by atoms with E-state index >= 15 is 0 Å². The second-order valence-electron chi connectivity index (χ2n) is 8.15. The molecule has 30 heavy (non-hydrogen) atoms. The highest BCUT2D eigenvalue weighted by Gasteiger charge is 2.43. The van der Waals surface area contributed by atoms with Crippen LogP contribution in [0.1, 0.15) is 23.2 Å². The number of nitrogens with one attached hydrogen (secondary N) is 1. The second kappa shape index (κ2) is 6.45. The summed E-state index contributed by atoms with van der Waals surface area (Å²) >= 11 is 0. The smallest absolute Gasteiger partial charge is 0.255 e. The minimum Gasteiger partial charge on any atom is -0.508 e. The van der Waals surface area contributed by atoms with E-state index in [2.05, 4.69) is 24.8 Å². The number of carbonyl (C=O) groups is 1. The fourth-order valence-electron chi connectivity index (χ4n) is 5.11. The van der Waals surface area contributed by atoms with Gasteiger partial charge in [-0.15, -0.1) is 0 Å². The van der Waals surface area contributed by atoms with Crippen LogP contribution in [0.4, 0.5) is 5.82 Å². The summed E-state index contributed by atoms with van der Waals surface area (Å²) in [5.74, 6) is 1.22. The number of phenols is 1. The molecule has 2 bridgehead atoms. The summed E-state index contributed by atoms with van der Waals surface area (Å²) in [5.41, 5.74) is 1.54. The van der Waals surface area contributed by atoms with Crippen molar-refractivity contribution in [2.45, 2.75) is 24.9 Å². The van der Waals surface area contributed by atoms with Gasteiger partial charge in [-0.05, 0) is 53.9 Å². The zero-order valence-electron chi connectivity index (χ0n) is 16.3. The maximum atomic E-state index is 13.6. The van der Waals surface area contributed by atoms with Crippen LogP contribution in [0.2, 0.25) is 0 Å². The Morgan fingerprint density at radius 2 is 1.87 bits per heavy atom. The van der Waals surface area contributed by atoms with Crippen molar-refractivity contribution < 1.29 is 9.90 Å². The van der Waals surface area contributed by atoms with E-state index in [1.165, 1.54) is 0 Å². The van der Waals surface area contributed by atoms with E-state index in [0.29, 0.717) is 5.56 Å². The quantitative estimate of drug-likeness (QED) is 0.540. The molecule has 1 amide bonds. The minimum atomic E-state index is 0.0768. The molecule has 0 saturated carbocycles. The summed E-state index contributed by atoms with van der Waals surface area (Å²) in [4.78, 5) is 29.9. The molecule has 4 heterocycles. The Labute approximate surface area is 173 Å². The molecule has 7 nitrogen and oxygen atoms in total. The van der Waals surface area contributed by atoms with Gasteiger partial charge in [0.1, 0.15) is 23.5 Å². The first-order valence-corrected chi connectivity index (χ1v) is 10.3. The van der Waals surface area contributed by atoms with Crippen LogP contribution >= 0.6 is 0 Å². The van der Waals surface area contributed by atoms with Crippen molar-refractivity contribution in [2.24, 2.45) is 0 Å². The molecule has 150 valence electrons. The van der Waals surface area contributed by atoms with Gasteiger partial charge in [-0.3, -0.25) is 4.79 Å². The molecule has 2 atom stereocenters. The molecule has 2 N–H and O–H groups in total. The Morgan fingerprint density at radius 3 is 2.70 bits per heavy atom. The number of fused-ring (bicyclic) bond motifs is 4. The van der Waals surface area contributed by atoms with Crippen LogP contribution in [-0.4, -0.2) is 56.0 Å². The van der Waals surface area contributed by atoms with E-state index in [4.69, 9.17) is 0 Å². The molecule has 2 aliphatic rings. The molecule has 2 unspecified atom stereocenters. The molecule has 2 saturated heterocycles. The Balaban J connectivity index is 1.33. The normalized spacial score (nSPS) is 20.9. The molecular weight excluding hydrogens is 378 g/mol. The monoisotopic (exact) mass is 399 g/mol. The number of carbonyl (C=O) groups excluding carboxylic acids is 1. The summed E-state index contributed by atoms with van der Waals surface area (Å²) in [5, 5.41) is 12.6. The van der Waals surface area contributed by atoms with E-state index < -0.39 is 0 Å². The van der Waals surface area contributed by atoms with Crippen LogP contribution in [0.5, 0.6) is 5.75 Å². The number of aromatic hydroxyl groups is 1. The van der Waals surface area contributed by atoms with Crippen LogP contribution in [0.3, 0.4) is 0 Å². The number of amides is 1. The number of anilines is 1. The fourth-order valence-corrected chi connectivity index (χ4v) is 5.11. The number of benzene rings is 2. The van der Waals surface area contributed by atoms with Crippen LogP contribution < -0.4 is 4.90 Å². The van der Waals surface area contributed by atoms with Crippen molar-refractivity contribution >= 4 is 33.5 Å². The van der Waals surface area contributed by atoms with E-state index in [0.717, 1.165) is 53.6 Å². The number of rotatable bonds is 2. The zero-order chi connectivity index (χ0) is 20.2. The molecule has 4 aromatic rings. The molecule has 6 rings (SSSR count). The largest absolute Gasteiger partial charge is 0.508 e. The molecule has 2 aromatic heterocycles. The second-order valence-corrected chi connectivity index (χ2v) is 8.15. The van der Waals surface area contributed by atoms with Gasteiger partial charge in [-0.1, -0.05) is 12.1 Å². The number of aromatic amines is 1. The van der Waals surface area contributed by atoms with Crippen molar-refractivity contribution in [3.63, 3.8) is 0 Å². The maximum absolute atomic E-state index is 13.6. The lowest BCUT2D eigenvalue weighted by molar-refractivity contribution is 0.0643. The Morgan fingerprint density at radius 1 is 1.03 bits per heavy atom. The minimum absolute atomic E-state index is 0.0768. The first-order chi connectivity index (χ1) is 14.7. The molecular formula is C23H21N5O2. The lowest BCUT2D eigenvalue weighted by atomic mass is 10.0. The zero-order valence-corrected chi connectivity index (χ0v) is 16.3. The van der Waals surface area contributed by atoms with Crippen molar-refractivity contribution in [1.82, 2.24) is 19.9 Å². The van der Waals surface area contributed by atoms with Crippen LogP contribution in [-0.2, 0) is 0 Å². The van der Waals surface area contributed by atoms with Crippen LogP contribution in [0.15, 0.2) is 55.0 Å². The fraction of sp³-hybridized carbons (Fsp3) is 0.261. The number of hydrogen-bond donors (Lipinski definition) is 2. The number of nitrogens with zero attached hydrogens (tertiary/aromatic N) is 4. The van der Waals surface area contributed by atoms with Crippen molar-refractivity contribution in [2.75, 3.05) is 18.0 Å². The molecule has 0 spiro atoms. The van der Waals surface area contributed by atoms with Crippen molar-refractivity contribution in [3.05, 3.63) is 60.6 Å². The number of hydrogen-bond acceptors (Lipinski definition) is 5. The van der Waals surface area contributed by atoms with Gasteiger partial charge >= 0.3 is 0 Å². The average Bonchev–Trinajstić information content (AvgIpc) is 3.34. The summed E-state index contributed by atoms with van der Waals surface area (Å²) in [6, 6.07) is 13.2. The molecule has 2 fully saturated rings. The predicted octanol–water partition coefficient (Wildman–Crippen LogP) is 3.31. The summed E-state index contributed by atoms with van der Waals surface area (Å²) in [6.45, 7) is 1.54. The first kappa shape index (κ1) is 17.3. The van der Waals surface area contributed by atoms with Crippen molar-refractivity contribution in [1.29, 1.82) is 0 Å². The average molecular weight is 399 g/mol. The van der Waals surface area contributed by atoms with E-state index in [-0.39, 0.29) is 23.7 Å². The van der Waals surface area contributed by atoms with Gasteiger partial charge in [0.25, 0.3) is 5.91 Å². The van der Waals surface area contributed by atoms with Gasteiger partial charge in [0.05, 0.1) is 17.5 Å². The van der Waals surface area contributed by atoms with Gasteiger partial charge in [0, 0.05) is 24.8 Å². The predicted molar refractivity (Wildman–Crippen MR) is 115 cm³/mol. The highest BCUT2D eigenvalue weighted by molar-refractivity contribution is 6.07. The number of piperazine rings is 1. The van der Waals surface area contributed by atoms with Crippen molar-refractivity contribution in [3.8, 4) is 5.75 Å². The third kappa shape index (κ3) is 2.55. The third-order valence-corrected chi connectivity index (χ3v) is 6.44. The van der Waals surface area contributed by atoms with E-state index in [1.54, 1.807) is 18.5 Å². The third-order valence-electron chi connectivity index (χ3n) is 6.44. The van der Waals surface area contributed by atoms with Gasteiger partial charge in [-0.2, -0.15) is 0 Å². The molecule has 0 aliphatic carbocycles. The first-order valence-electron chi connectivity index (χ1n) is 10.3. The molecule has 0 radical (unpaired) electrons. The Hall–Kier alpha value is -3.61. The summed E-state index contributed by atoms with van der Waals surface area (Å²) in [6.07, 6.45) is 5.48. The molecule has 7 heteroatoms. The highest BCUT2D eigenvalue weighted by Crippen LogP contribution is 2.36. The lowest BCUT2D eigenvalue weighted by Crippen LogP contribution is -2.56. The van der Waals surface area contributed by atoms with E-state index in [9.17, 15) is 9.90 Å². The summed E-state index contributed by atoms with van der Waals surface area (Å²) in [7, 11) is 0. The number of aromatic nitrogens is 3. The molecule has 2 aliphatic heterocycles. The Bertz CT molecular complexity index is 1270. The maximum Gasteiger partial charge on any atom is 0.255 e. The number of phenolic OH excluding ortho intramolecular Hbond substituents is 1. The highest BCUT2D eigenvalue weighted by atomic mass is 16.3. The topological polar surface area (TPSA) is 85.3 Å². The SMILES string of the molecule is O=C(c1cccc2cc(O)ccc12)N1C2CCC1CN(c1ncnc3[nH]ccc13)C2. The lowest BCUT2D eigenvalue weighted by Gasteiger charge is -2.41. The van der Waals surface area contributed by atoms with Gasteiger partial charge < -0.3 is 19.9 Å². The Kier molecular flexibility index (Phi) is 3.71. The van der Waals surface area contributed by atoms with Crippen LogP contribution in [0, 0.1) is 0 Å². The van der Waals surface area contributed by atoms with E-state index in [1.807, 2.05) is 36.5 Å². The van der Waals surface area contributed by atoms with Gasteiger partial charge in [-0.25, -0.2) is 9.97 Å². The van der Waals surface area contributed by atoms with Gasteiger partial charge in [0.15, 0.2) is 0 Å².